The fourth-order valence-corrected chi connectivity index (χ4v) is 2.23. The Bertz CT molecular complexity index is 476. The molecule has 2 rings (SSSR count). The number of unbranched alkanes of at least 4 members (excludes halogenated alkanes) is 1. The van der Waals surface area contributed by atoms with E-state index in [9.17, 15) is 0 Å². The molecular weight excluding hydrogens is 234 g/mol. The summed E-state index contributed by atoms with van der Waals surface area (Å²) in [4.78, 5) is 0. The Balaban J connectivity index is 2.09. The molecule has 19 heavy (non-hydrogen) atoms. The Kier molecular flexibility index (Phi) is 5.01. The van der Waals surface area contributed by atoms with Crippen LogP contribution in [-0.2, 0) is 6.54 Å². The molecule has 0 amide bonds. The van der Waals surface area contributed by atoms with Gasteiger partial charge in [-0.25, -0.2) is 0 Å². The molecule has 1 atom stereocenters. The second-order valence-corrected chi connectivity index (χ2v) is 4.83. The van der Waals surface area contributed by atoms with Gasteiger partial charge in [0.25, 0.3) is 0 Å². The molecule has 0 aliphatic carbocycles. The molecule has 1 aromatic carbocycles. The van der Waals surface area contributed by atoms with Gasteiger partial charge in [-0.2, -0.15) is 5.10 Å². The average Bonchev–Trinajstić information content (AvgIpc) is 2.92. The molecule has 0 saturated heterocycles. The number of rotatable bonds is 7. The molecule has 1 N–H and O–H groups in total. The van der Waals surface area contributed by atoms with Crippen LogP contribution in [0.3, 0.4) is 0 Å². The maximum atomic E-state index is 4.32. The fraction of sp³-hybridized carbons (Fsp3) is 0.438. The highest BCUT2D eigenvalue weighted by atomic mass is 15.3. The number of hydrogen-bond donors (Lipinski definition) is 1. The molecule has 0 spiro atoms. The highest BCUT2D eigenvalue weighted by molar-refractivity contribution is 5.41. The quantitative estimate of drug-likeness (QED) is 0.803. The molecule has 2 aromatic rings. The summed E-state index contributed by atoms with van der Waals surface area (Å²) in [5.41, 5.74) is 2.45. The van der Waals surface area contributed by atoms with Crippen molar-refractivity contribution in [1.29, 1.82) is 0 Å². The average molecular weight is 257 g/mol. The van der Waals surface area contributed by atoms with Crippen LogP contribution in [0, 0.1) is 0 Å². The Hall–Kier alpha value is -1.77. The van der Waals surface area contributed by atoms with E-state index in [4.69, 9.17) is 0 Å². The second-order valence-electron chi connectivity index (χ2n) is 4.83. The normalized spacial score (nSPS) is 12.3. The molecule has 0 aliphatic heterocycles. The van der Waals surface area contributed by atoms with Gasteiger partial charge in [0.2, 0.25) is 0 Å². The first-order chi connectivity index (χ1) is 9.33. The number of anilines is 1. The van der Waals surface area contributed by atoms with E-state index in [1.807, 2.05) is 10.9 Å². The van der Waals surface area contributed by atoms with Gasteiger partial charge in [0.05, 0.1) is 17.9 Å². The van der Waals surface area contributed by atoms with Gasteiger partial charge < -0.3 is 5.32 Å². The lowest BCUT2D eigenvalue weighted by atomic mass is 10.0. The third-order valence-corrected chi connectivity index (χ3v) is 3.35. The first kappa shape index (κ1) is 13.7. The predicted octanol–water partition coefficient (Wildman–Crippen LogP) is 4.25. The van der Waals surface area contributed by atoms with Gasteiger partial charge >= 0.3 is 0 Å². The van der Waals surface area contributed by atoms with Crippen LogP contribution in [0.5, 0.6) is 0 Å². The number of hydrogen-bond acceptors (Lipinski definition) is 2. The highest BCUT2D eigenvalue weighted by Crippen LogP contribution is 2.24. The Morgan fingerprint density at radius 3 is 2.63 bits per heavy atom. The summed E-state index contributed by atoms with van der Waals surface area (Å²) in [5.74, 6) is 0. The maximum Gasteiger partial charge on any atom is 0.0731 e. The van der Waals surface area contributed by atoms with Gasteiger partial charge in [-0.3, -0.25) is 4.68 Å². The molecule has 0 fully saturated rings. The van der Waals surface area contributed by atoms with E-state index in [0.717, 1.165) is 18.7 Å². The summed E-state index contributed by atoms with van der Waals surface area (Å²) >= 11 is 0. The molecule has 3 nitrogen and oxygen atoms in total. The lowest BCUT2D eigenvalue weighted by Crippen LogP contribution is -2.10. The number of aryl methyl sites for hydroxylation is 1. The van der Waals surface area contributed by atoms with Crippen molar-refractivity contribution in [3.8, 4) is 0 Å². The molecule has 0 aliphatic rings. The van der Waals surface area contributed by atoms with Crippen LogP contribution in [0.2, 0.25) is 0 Å². The highest BCUT2D eigenvalue weighted by Gasteiger charge is 2.11. The van der Waals surface area contributed by atoms with Crippen molar-refractivity contribution in [1.82, 2.24) is 9.78 Å². The molecule has 3 heteroatoms. The Morgan fingerprint density at radius 2 is 2.00 bits per heavy atom. The van der Waals surface area contributed by atoms with Crippen LogP contribution in [0.4, 0.5) is 5.69 Å². The van der Waals surface area contributed by atoms with E-state index in [1.54, 1.807) is 0 Å². The van der Waals surface area contributed by atoms with Crippen LogP contribution in [0.15, 0.2) is 42.7 Å². The minimum Gasteiger partial charge on any atom is -0.376 e. The minimum absolute atomic E-state index is 0.371. The zero-order chi connectivity index (χ0) is 13.5. The molecule has 0 saturated carbocycles. The largest absolute Gasteiger partial charge is 0.376 e. The topological polar surface area (TPSA) is 29.9 Å². The Morgan fingerprint density at radius 1 is 1.21 bits per heavy atom. The minimum atomic E-state index is 0.371. The van der Waals surface area contributed by atoms with Crippen LogP contribution in [0.25, 0.3) is 0 Å². The van der Waals surface area contributed by atoms with Gasteiger partial charge in [0, 0.05) is 12.7 Å². The van der Waals surface area contributed by atoms with Crippen molar-refractivity contribution in [3.63, 3.8) is 0 Å². The van der Waals surface area contributed by atoms with Crippen molar-refractivity contribution in [2.45, 2.75) is 45.7 Å². The molecule has 0 radical (unpaired) electrons. The van der Waals surface area contributed by atoms with E-state index in [0.29, 0.717) is 6.04 Å². The Labute approximate surface area is 115 Å². The van der Waals surface area contributed by atoms with E-state index in [2.05, 4.69) is 60.8 Å². The van der Waals surface area contributed by atoms with Crippen molar-refractivity contribution < 1.29 is 0 Å². The summed E-state index contributed by atoms with van der Waals surface area (Å²) in [6.45, 7) is 5.24. The molecular formula is C16H23N3. The third kappa shape index (κ3) is 3.85. The van der Waals surface area contributed by atoms with Gasteiger partial charge in [-0.1, -0.05) is 50.1 Å². The molecule has 102 valence electrons. The van der Waals surface area contributed by atoms with E-state index < -0.39 is 0 Å². The van der Waals surface area contributed by atoms with Gasteiger partial charge in [0.15, 0.2) is 0 Å². The van der Waals surface area contributed by atoms with Crippen LogP contribution < -0.4 is 5.32 Å². The van der Waals surface area contributed by atoms with E-state index >= 15 is 0 Å². The monoisotopic (exact) mass is 257 g/mol. The van der Waals surface area contributed by atoms with Crippen molar-refractivity contribution in [3.05, 3.63) is 48.3 Å². The summed E-state index contributed by atoms with van der Waals surface area (Å²) in [6.07, 6.45) is 7.58. The molecule has 0 bridgehead atoms. The van der Waals surface area contributed by atoms with Crippen LogP contribution in [0.1, 0.15) is 44.7 Å². The molecule has 1 aromatic heterocycles. The standard InChI is InChI=1S/C16H23N3/c1-3-5-11-16(14-9-7-6-8-10-14)18-15-12-17-19(4-2)13-15/h6-10,12-13,16,18H,3-5,11H2,1-2H3. The van der Waals surface area contributed by atoms with E-state index in [1.165, 1.54) is 18.4 Å². The summed E-state index contributed by atoms with van der Waals surface area (Å²) in [6, 6.07) is 11.0. The fourth-order valence-electron chi connectivity index (χ4n) is 2.23. The SMILES string of the molecule is CCCCC(Nc1cnn(CC)c1)c1ccccc1. The van der Waals surface area contributed by atoms with E-state index in [-0.39, 0.29) is 0 Å². The van der Waals surface area contributed by atoms with Crippen LogP contribution >= 0.6 is 0 Å². The number of aromatic nitrogens is 2. The lowest BCUT2D eigenvalue weighted by Gasteiger charge is -2.19. The third-order valence-electron chi connectivity index (χ3n) is 3.35. The number of nitrogens with one attached hydrogen (secondary N) is 1. The van der Waals surface area contributed by atoms with Crippen molar-refractivity contribution in [2.75, 3.05) is 5.32 Å². The van der Waals surface area contributed by atoms with Crippen LogP contribution in [-0.4, -0.2) is 9.78 Å². The number of benzene rings is 1. The second kappa shape index (κ2) is 6.98. The smallest absolute Gasteiger partial charge is 0.0731 e. The zero-order valence-corrected chi connectivity index (χ0v) is 11.8. The number of nitrogens with zero attached hydrogens (tertiary/aromatic N) is 2. The molecule has 1 heterocycles. The van der Waals surface area contributed by atoms with Crippen molar-refractivity contribution >= 4 is 5.69 Å². The van der Waals surface area contributed by atoms with Gasteiger partial charge in [-0.15, -0.1) is 0 Å². The van der Waals surface area contributed by atoms with Gasteiger partial charge in [-0.05, 0) is 18.9 Å². The van der Waals surface area contributed by atoms with Crippen molar-refractivity contribution in [2.24, 2.45) is 0 Å². The summed E-state index contributed by atoms with van der Waals surface area (Å²) in [7, 11) is 0. The van der Waals surface area contributed by atoms with Gasteiger partial charge in [0.1, 0.15) is 0 Å². The molecule has 1 unspecified atom stereocenters. The first-order valence-electron chi connectivity index (χ1n) is 7.17. The maximum absolute atomic E-state index is 4.32. The summed E-state index contributed by atoms with van der Waals surface area (Å²) < 4.78 is 1.95. The zero-order valence-electron chi connectivity index (χ0n) is 11.8. The lowest BCUT2D eigenvalue weighted by molar-refractivity contribution is 0.633. The first-order valence-corrected chi connectivity index (χ1v) is 7.17. The predicted molar refractivity (Wildman–Crippen MR) is 80.2 cm³/mol. The summed E-state index contributed by atoms with van der Waals surface area (Å²) in [5, 5.41) is 7.92.